The number of amides is 2. The van der Waals surface area contributed by atoms with E-state index in [0.717, 1.165) is 47.5 Å². The molecular formula is C22H25N3O3S. The fraction of sp³-hybridized carbons (Fsp3) is 0.318. The molecule has 3 rings (SSSR count). The van der Waals surface area contributed by atoms with Crippen LogP contribution >= 0.6 is 11.8 Å². The van der Waals surface area contributed by atoms with Crippen LogP contribution in [0.4, 0.5) is 5.69 Å². The van der Waals surface area contributed by atoms with Gasteiger partial charge in [0.1, 0.15) is 5.75 Å². The minimum absolute atomic E-state index is 0.133. The maximum atomic E-state index is 12.1. The van der Waals surface area contributed by atoms with Crippen LogP contribution in [-0.4, -0.2) is 36.1 Å². The Hall–Kier alpha value is -2.80. The highest BCUT2D eigenvalue weighted by molar-refractivity contribution is 8.00. The first-order valence-electron chi connectivity index (χ1n) is 9.52. The number of aryl methyl sites for hydroxylation is 2. The Bertz CT molecular complexity index is 913. The van der Waals surface area contributed by atoms with E-state index in [1.165, 1.54) is 17.3 Å². The summed E-state index contributed by atoms with van der Waals surface area (Å²) in [5.41, 5.74) is 7.68. The fourth-order valence-electron chi connectivity index (χ4n) is 3.35. The van der Waals surface area contributed by atoms with Gasteiger partial charge in [-0.15, -0.1) is 11.8 Å². The maximum absolute atomic E-state index is 12.1. The normalized spacial score (nSPS) is 14.2. The van der Waals surface area contributed by atoms with Crippen LogP contribution in [0.2, 0.25) is 0 Å². The third-order valence-electron chi connectivity index (χ3n) is 4.61. The number of carbonyl (C=O) groups is 2. The molecule has 0 aliphatic heterocycles. The van der Waals surface area contributed by atoms with Crippen molar-refractivity contribution in [2.75, 3.05) is 23.9 Å². The molecule has 0 spiro atoms. The van der Waals surface area contributed by atoms with Crippen molar-refractivity contribution in [2.24, 2.45) is 5.10 Å². The molecular weight excluding hydrogens is 386 g/mol. The van der Waals surface area contributed by atoms with E-state index in [4.69, 9.17) is 4.74 Å². The third-order valence-corrected chi connectivity index (χ3v) is 5.55. The number of hydrogen-bond donors (Lipinski definition) is 2. The molecule has 1 aliphatic carbocycles. The second-order valence-corrected chi connectivity index (χ2v) is 7.82. The van der Waals surface area contributed by atoms with Gasteiger partial charge in [-0.1, -0.05) is 18.2 Å². The molecule has 1 aliphatic rings. The van der Waals surface area contributed by atoms with Crippen molar-refractivity contribution in [2.45, 2.75) is 26.2 Å². The number of rotatable bonds is 7. The van der Waals surface area contributed by atoms with Crippen LogP contribution in [-0.2, 0) is 16.0 Å². The number of thioether (sulfide) groups is 1. The minimum atomic E-state index is -0.215. The lowest BCUT2D eigenvalue weighted by atomic mass is 9.87. The van der Waals surface area contributed by atoms with Gasteiger partial charge in [-0.3, -0.25) is 9.59 Å². The zero-order valence-electron chi connectivity index (χ0n) is 16.7. The van der Waals surface area contributed by atoms with Crippen LogP contribution in [0.25, 0.3) is 0 Å². The summed E-state index contributed by atoms with van der Waals surface area (Å²) in [6.45, 7) is 2.03. The summed E-state index contributed by atoms with van der Waals surface area (Å²) in [6, 6.07) is 13.3. The molecule has 0 fully saturated rings. The topological polar surface area (TPSA) is 79.8 Å². The lowest BCUT2D eigenvalue weighted by Crippen LogP contribution is -2.25. The first-order chi connectivity index (χ1) is 14.1. The van der Waals surface area contributed by atoms with E-state index < -0.39 is 0 Å². The van der Waals surface area contributed by atoms with E-state index in [-0.39, 0.29) is 23.3 Å². The molecule has 0 heterocycles. The Kier molecular flexibility index (Phi) is 7.30. The summed E-state index contributed by atoms with van der Waals surface area (Å²) >= 11 is 1.26. The van der Waals surface area contributed by atoms with Gasteiger partial charge in [0, 0.05) is 11.3 Å². The van der Waals surface area contributed by atoms with Crippen molar-refractivity contribution in [3.05, 3.63) is 59.2 Å². The number of methoxy groups -OCH3 is 1. The molecule has 0 unspecified atom stereocenters. The summed E-state index contributed by atoms with van der Waals surface area (Å²) in [6.07, 6.45) is 2.79. The van der Waals surface area contributed by atoms with Crippen molar-refractivity contribution >= 4 is 35.0 Å². The molecule has 0 aromatic heterocycles. The predicted molar refractivity (Wildman–Crippen MR) is 118 cm³/mol. The van der Waals surface area contributed by atoms with Gasteiger partial charge in [0.2, 0.25) is 11.8 Å². The molecule has 7 heteroatoms. The van der Waals surface area contributed by atoms with E-state index in [2.05, 4.69) is 15.8 Å². The molecule has 2 amide bonds. The zero-order chi connectivity index (χ0) is 20.6. The maximum Gasteiger partial charge on any atom is 0.250 e. The molecule has 2 N–H and O–H groups in total. The first-order valence-corrected chi connectivity index (χ1v) is 10.7. The van der Waals surface area contributed by atoms with Gasteiger partial charge < -0.3 is 10.1 Å². The summed E-state index contributed by atoms with van der Waals surface area (Å²) in [7, 11) is 1.66. The van der Waals surface area contributed by atoms with Gasteiger partial charge in [-0.25, -0.2) is 5.43 Å². The van der Waals surface area contributed by atoms with Gasteiger partial charge in [0.05, 0.1) is 24.3 Å². The average Bonchev–Trinajstić information content (AvgIpc) is 2.72. The van der Waals surface area contributed by atoms with Crippen molar-refractivity contribution in [1.29, 1.82) is 0 Å². The van der Waals surface area contributed by atoms with Crippen LogP contribution in [0, 0.1) is 6.92 Å². The Labute approximate surface area is 175 Å². The molecule has 0 saturated carbocycles. The van der Waals surface area contributed by atoms with E-state index in [9.17, 15) is 9.59 Å². The highest BCUT2D eigenvalue weighted by Crippen LogP contribution is 2.29. The fourth-order valence-corrected chi connectivity index (χ4v) is 3.96. The van der Waals surface area contributed by atoms with Gasteiger partial charge >= 0.3 is 0 Å². The summed E-state index contributed by atoms with van der Waals surface area (Å²) < 4.78 is 5.35. The SMILES string of the molecule is COc1cc(C)c2c(c1)CCC/C2=N\NC(=O)CSCC(=O)Nc1ccccc1. The largest absolute Gasteiger partial charge is 0.497 e. The smallest absolute Gasteiger partial charge is 0.250 e. The van der Waals surface area contributed by atoms with Crippen LogP contribution in [0.5, 0.6) is 5.75 Å². The van der Waals surface area contributed by atoms with E-state index in [0.29, 0.717) is 0 Å². The van der Waals surface area contributed by atoms with Crippen molar-refractivity contribution in [3.8, 4) is 5.75 Å². The lowest BCUT2D eigenvalue weighted by Gasteiger charge is -2.21. The Balaban J connectivity index is 1.51. The Morgan fingerprint density at radius 1 is 1.10 bits per heavy atom. The number of hydrazone groups is 1. The van der Waals surface area contributed by atoms with E-state index in [1.54, 1.807) is 7.11 Å². The summed E-state index contributed by atoms with van der Waals surface area (Å²) in [4.78, 5) is 24.1. The highest BCUT2D eigenvalue weighted by Gasteiger charge is 2.19. The van der Waals surface area contributed by atoms with Crippen molar-refractivity contribution in [1.82, 2.24) is 5.43 Å². The van der Waals surface area contributed by atoms with Crippen LogP contribution in [0.15, 0.2) is 47.6 Å². The first kappa shape index (κ1) is 20.9. The molecule has 0 bridgehead atoms. The number of carbonyl (C=O) groups excluding carboxylic acids is 2. The minimum Gasteiger partial charge on any atom is -0.497 e. The molecule has 2 aromatic rings. The number of ether oxygens (including phenoxy) is 1. The number of anilines is 1. The van der Waals surface area contributed by atoms with Gasteiger partial charge in [-0.2, -0.15) is 5.10 Å². The second kappa shape index (κ2) is 10.1. The Morgan fingerprint density at radius 2 is 1.86 bits per heavy atom. The average molecular weight is 412 g/mol. The van der Waals surface area contributed by atoms with Crippen LogP contribution < -0.4 is 15.5 Å². The lowest BCUT2D eigenvalue weighted by molar-refractivity contribution is -0.118. The number of nitrogens with one attached hydrogen (secondary N) is 2. The standard InChI is InChI=1S/C22H25N3O3S/c1-15-11-18(28-2)12-16-7-6-10-19(22(15)16)24-25-21(27)14-29-13-20(26)23-17-8-4-3-5-9-17/h3-5,8-9,11-12H,6-7,10,13-14H2,1-2H3,(H,23,26)(H,25,27)/b24-19+. The third kappa shape index (κ3) is 5.84. The molecule has 2 aromatic carbocycles. The monoisotopic (exact) mass is 411 g/mol. The number of benzene rings is 2. The molecule has 0 atom stereocenters. The Morgan fingerprint density at radius 3 is 2.62 bits per heavy atom. The molecule has 6 nitrogen and oxygen atoms in total. The molecule has 0 saturated heterocycles. The number of fused-ring (bicyclic) bond motifs is 1. The zero-order valence-corrected chi connectivity index (χ0v) is 17.5. The second-order valence-electron chi connectivity index (χ2n) is 6.83. The number of para-hydroxylation sites is 1. The van der Waals surface area contributed by atoms with Crippen LogP contribution in [0.3, 0.4) is 0 Å². The number of nitrogens with zero attached hydrogens (tertiary/aromatic N) is 1. The molecule has 152 valence electrons. The van der Waals surface area contributed by atoms with Gasteiger partial charge in [0.15, 0.2) is 0 Å². The van der Waals surface area contributed by atoms with Crippen molar-refractivity contribution in [3.63, 3.8) is 0 Å². The van der Waals surface area contributed by atoms with Gasteiger partial charge in [-0.05, 0) is 61.6 Å². The quantitative estimate of drug-likeness (QED) is 0.683. The summed E-state index contributed by atoms with van der Waals surface area (Å²) in [5.74, 6) is 0.879. The number of hydrogen-bond acceptors (Lipinski definition) is 5. The van der Waals surface area contributed by atoms with Crippen LogP contribution in [0.1, 0.15) is 29.5 Å². The van der Waals surface area contributed by atoms with Crippen molar-refractivity contribution < 1.29 is 14.3 Å². The summed E-state index contributed by atoms with van der Waals surface area (Å²) in [5, 5.41) is 7.17. The van der Waals surface area contributed by atoms with E-state index in [1.807, 2.05) is 49.4 Å². The highest BCUT2D eigenvalue weighted by atomic mass is 32.2. The molecule has 0 radical (unpaired) electrons. The predicted octanol–water partition coefficient (Wildman–Crippen LogP) is 3.53. The van der Waals surface area contributed by atoms with Gasteiger partial charge in [0.25, 0.3) is 0 Å². The molecule has 29 heavy (non-hydrogen) atoms. The van der Waals surface area contributed by atoms with E-state index >= 15 is 0 Å².